The molecule has 1 aromatic carbocycles. The van der Waals surface area contributed by atoms with Gasteiger partial charge in [-0.05, 0) is 32.9 Å². The van der Waals surface area contributed by atoms with Gasteiger partial charge in [0.25, 0.3) is 10.1 Å². The number of aliphatic hydroxyl groups excluding tert-OH is 1. The van der Waals surface area contributed by atoms with E-state index in [-0.39, 0.29) is 17.3 Å². The van der Waals surface area contributed by atoms with E-state index in [9.17, 15) is 27.0 Å². The van der Waals surface area contributed by atoms with Gasteiger partial charge in [0.2, 0.25) is 0 Å². The molecule has 26 heavy (non-hydrogen) atoms. The van der Waals surface area contributed by atoms with Gasteiger partial charge in [-0.1, -0.05) is 0 Å². The summed E-state index contributed by atoms with van der Waals surface area (Å²) in [6, 6.07) is 2.54. The minimum atomic E-state index is -4.35. The van der Waals surface area contributed by atoms with E-state index in [2.05, 4.69) is 5.32 Å². The molecule has 0 spiro atoms. The fourth-order valence-corrected chi connectivity index (χ4v) is 3.75. The lowest BCUT2D eigenvalue weighted by Crippen LogP contribution is -2.54. The van der Waals surface area contributed by atoms with E-state index < -0.39 is 49.1 Å². The molecule has 0 fully saturated rings. The van der Waals surface area contributed by atoms with E-state index in [0.717, 1.165) is 18.4 Å². The van der Waals surface area contributed by atoms with Crippen molar-refractivity contribution in [3.8, 4) is 11.5 Å². The number of phenolic OH excluding ortho intramolecular Hbond substituents is 1. The Morgan fingerprint density at radius 2 is 1.77 bits per heavy atom. The molecule has 2 atom stereocenters. The van der Waals surface area contributed by atoms with Crippen LogP contribution in [-0.4, -0.2) is 67.9 Å². The maximum absolute atomic E-state index is 11.6. The van der Waals surface area contributed by atoms with Crippen molar-refractivity contribution in [3.05, 3.63) is 18.2 Å². The van der Waals surface area contributed by atoms with Crippen molar-refractivity contribution >= 4 is 20.0 Å². The molecule has 0 aliphatic heterocycles. The third kappa shape index (κ3) is 7.87. The Bertz CT molecular complexity index is 828. The van der Waals surface area contributed by atoms with Crippen LogP contribution in [0, 0.1) is 0 Å². The molecule has 1 rings (SSSR count). The number of aromatic hydroxyl groups is 1. The fourth-order valence-electron chi connectivity index (χ4n) is 2.21. The highest BCUT2D eigenvalue weighted by Gasteiger charge is 2.29. The molecular formula is C15H25NO8S2. The standard InChI is InChI=1S/C15H25NO8S2/c1-15(2,3)16-11(9-26(21,22)23)13(18)8-24-10-5-6-12(17)14(7-10)25(4,19)20/h5-7,11,13,16-18H,8-9H2,1-4H3,(H,21,22,23). The Kier molecular flexibility index (Phi) is 7.04. The van der Waals surface area contributed by atoms with Gasteiger partial charge in [-0.3, -0.25) is 4.55 Å². The first-order valence-electron chi connectivity index (χ1n) is 7.65. The van der Waals surface area contributed by atoms with Gasteiger partial charge in [-0.15, -0.1) is 0 Å². The maximum atomic E-state index is 11.6. The first-order chi connectivity index (χ1) is 11.6. The first kappa shape index (κ1) is 22.6. The molecule has 0 heterocycles. The first-order valence-corrected chi connectivity index (χ1v) is 11.2. The number of aliphatic hydroxyl groups is 1. The van der Waals surface area contributed by atoms with E-state index >= 15 is 0 Å². The van der Waals surface area contributed by atoms with Crippen LogP contribution in [0.1, 0.15) is 20.8 Å². The van der Waals surface area contributed by atoms with Crippen LogP contribution in [-0.2, 0) is 20.0 Å². The summed E-state index contributed by atoms with van der Waals surface area (Å²) in [6.45, 7) is 4.92. The largest absolute Gasteiger partial charge is 0.507 e. The highest BCUT2D eigenvalue weighted by Crippen LogP contribution is 2.27. The Morgan fingerprint density at radius 1 is 1.19 bits per heavy atom. The minimum absolute atomic E-state index is 0.0728. The lowest BCUT2D eigenvalue weighted by atomic mass is 10.1. The summed E-state index contributed by atoms with van der Waals surface area (Å²) in [4.78, 5) is -0.327. The molecule has 0 saturated heterocycles. The normalized spacial score (nSPS) is 15.5. The van der Waals surface area contributed by atoms with E-state index in [0.29, 0.717) is 0 Å². The molecule has 0 aromatic heterocycles. The molecule has 11 heteroatoms. The zero-order chi connectivity index (χ0) is 20.3. The third-order valence-electron chi connectivity index (χ3n) is 3.22. The summed E-state index contributed by atoms with van der Waals surface area (Å²) < 4.78 is 59.9. The topological polar surface area (TPSA) is 150 Å². The van der Waals surface area contributed by atoms with E-state index in [4.69, 9.17) is 9.29 Å². The molecule has 0 aliphatic rings. The zero-order valence-electron chi connectivity index (χ0n) is 15.0. The van der Waals surface area contributed by atoms with Crippen LogP contribution in [0.3, 0.4) is 0 Å². The minimum Gasteiger partial charge on any atom is -0.507 e. The summed E-state index contributed by atoms with van der Waals surface area (Å²) in [5.41, 5.74) is -0.543. The second-order valence-electron chi connectivity index (χ2n) is 7.03. The summed E-state index contributed by atoms with van der Waals surface area (Å²) in [6.07, 6.45) is -0.387. The van der Waals surface area contributed by atoms with Gasteiger partial charge in [0.05, 0.1) is 11.8 Å². The Morgan fingerprint density at radius 3 is 2.23 bits per heavy atom. The number of ether oxygens (including phenoxy) is 1. The maximum Gasteiger partial charge on any atom is 0.266 e. The summed E-state index contributed by atoms with van der Waals surface area (Å²) in [5, 5.41) is 22.7. The predicted molar refractivity (Wildman–Crippen MR) is 95.8 cm³/mol. The second-order valence-corrected chi connectivity index (χ2v) is 10.5. The second kappa shape index (κ2) is 8.09. The predicted octanol–water partition coefficient (Wildman–Crippen LogP) is 0.180. The van der Waals surface area contributed by atoms with Gasteiger partial charge in [0, 0.05) is 17.9 Å². The van der Waals surface area contributed by atoms with E-state index in [1.165, 1.54) is 6.07 Å². The molecule has 1 aromatic rings. The molecular weight excluding hydrogens is 386 g/mol. The Hall–Kier alpha value is -1.40. The average Bonchev–Trinajstić information content (AvgIpc) is 2.41. The van der Waals surface area contributed by atoms with Crippen LogP contribution >= 0.6 is 0 Å². The van der Waals surface area contributed by atoms with Gasteiger partial charge >= 0.3 is 0 Å². The Labute approximate surface area is 153 Å². The lowest BCUT2D eigenvalue weighted by molar-refractivity contribution is 0.0702. The average molecular weight is 411 g/mol. The van der Waals surface area contributed by atoms with Crippen LogP contribution in [0.15, 0.2) is 23.1 Å². The van der Waals surface area contributed by atoms with Gasteiger partial charge in [0.15, 0.2) is 9.84 Å². The number of sulfone groups is 1. The number of rotatable bonds is 8. The van der Waals surface area contributed by atoms with E-state index in [1.54, 1.807) is 20.8 Å². The van der Waals surface area contributed by atoms with Crippen LogP contribution in [0.2, 0.25) is 0 Å². The highest BCUT2D eigenvalue weighted by molar-refractivity contribution is 7.90. The highest BCUT2D eigenvalue weighted by atomic mass is 32.2. The van der Waals surface area contributed by atoms with Gasteiger partial charge < -0.3 is 20.3 Å². The fraction of sp³-hybridized carbons (Fsp3) is 0.600. The monoisotopic (exact) mass is 411 g/mol. The van der Waals surface area contributed by atoms with Gasteiger partial charge in [-0.2, -0.15) is 8.42 Å². The molecule has 0 amide bonds. The van der Waals surface area contributed by atoms with Crippen molar-refractivity contribution in [1.82, 2.24) is 5.32 Å². The quantitative estimate of drug-likeness (QED) is 0.439. The SMILES string of the molecule is CC(C)(C)NC(CS(=O)(=O)O)C(O)COc1ccc(O)c(S(C)(=O)=O)c1. The smallest absolute Gasteiger partial charge is 0.266 e. The number of phenols is 1. The van der Waals surface area contributed by atoms with Gasteiger partial charge in [0.1, 0.15) is 29.1 Å². The number of nitrogens with one attached hydrogen (secondary N) is 1. The zero-order valence-corrected chi connectivity index (χ0v) is 16.6. The molecule has 2 unspecified atom stereocenters. The van der Waals surface area contributed by atoms with Crippen LogP contribution < -0.4 is 10.1 Å². The molecule has 0 bridgehead atoms. The van der Waals surface area contributed by atoms with E-state index in [1.807, 2.05) is 0 Å². The molecule has 0 radical (unpaired) electrons. The van der Waals surface area contributed by atoms with Crippen LogP contribution in [0.4, 0.5) is 0 Å². The van der Waals surface area contributed by atoms with Crippen molar-refractivity contribution in [2.45, 2.75) is 43.4 Å². The number of hydrogen-bond donors (Lipinski definition) is 4. The number of benzene rings is 1. The van der Waals surface area contributed by atoms with Crippen molar-refractivity contribution in [2.75, 3.05) is 18.6 Å². The molecule has 150 valence electrons. The Balaban J connectivity index is 2.92. The van der Waals surface area contributed by atoms with Gasteiger partial charge in [-0.25, -0.2) is 8.42 Å². The molecule has 9 nitrogen and oxygen atoms in total. The summed E-state index contributed by atoms with van der Waals surface area (Å²) >= 11 is 0. The van der Waals surface area contributed by atoms with Crippen LogP contribution in [0.25, 0.3) is 0 Å². The lowest BCUT2D eigenvalue weighted by Gasteiger charge is -2.31. The third-order valence-corrected chi connectivity index (χ3v) is 5.13. The molecule has 4 N–H and O–H groups in total. The summed E-state index contributed by atoms with van der Waals surface area (Å²) in [7, 11) is -8.02. The van der Waals surface area contributed by atoms with Crippen molar-refractivity contribution in [1.29, 1.82) is 0 Å². The van der Waals surface area contributed by atoms with Crippen LogP contribution in [0.5, 0.6) is 11.5 Å². The van der Waals surface area contributed by atoms with Crippen molar-refractivity contribution < 1.29 is 36.3 Å². The van der Waals surface area contributed by atoms with Crippen molar-refractivity contribution in [3.63, 3.8) is 0 Å². The van der Waals surface area contributed by atoms with Crippen molar-refractivity contribution in [2.24, 2.45) is 0 Å². The number of hydrogen-bond acceptors (Lipinski definition) is 8. The molecule has 0 saturated carbocycles. The summed E-state index contributed by atoms with van der Waals surface area (Å²) in [5.74, 6) is -1.08. The molecule has 0 aliphatic carbocycles.